The number of esters is 1. The van der Waals surface area contributed by atoms with Gasteiger partial charge in [-0.05, 0) is 42.9 Å². The Morgan fingerprint density at radius 3 is 2.48 bits per heavy atom. The summed E-state index contributed by atoms with van der Waals surface area (Å²) in [7, 11) is 0. The number of carbonyl (C=O) groups is 1. The monoisotopic (exact) mass is 338 g/mol. The van der Waals surface area contributed by atoms with Crippen molar-refractivity contribution in [2.75, 3.05) is 0 Å². The zero-order valence-electron chi connectivity index (χ0n) is 15.4. The third-order valence-corrected chi connectivity index (χ3v) is 4.97. The molecule has 1 aromatic heterocycles. The lowest BCUT2D eigenvalue weighted by Crippen LogP contribution is -2.10. The van der Waals surface area contributed by atoms with Crippen LogP contribution >= 0.6 is 0 Å². The lowest BCUT2D eigenvalue weighted by molar-refractivity contribution is -0.148. The molecule has 0 bridgehead atoms. The third-order valence-electron chi connectivity index (χ3n) is 4.97. The molecule has 25 heavy (non-hydrogen) atoms. The van der Waals surface area contributed by atoms with Gasteiger partial charge in [-0.3, -0.25) is 4.79 Å². The van der Waals surface area contributed by atoms with Gasteiger partial charge in [0.15, 0.2) is 0 Å². The van der Waals surface area contributed by atoms with Crippen molar-refractivity contribution in [2.24, 2.45) is 17.3 Å². The molecule has 0 amide bonds. The number of rotatable bonds is 6. The van der Waals surface area contributed by atoms with E-state index in [1.54, 1.807) is 0 Å². The zero-order chi connectivity index (χ0) is 18.0. The van der Waals surface area contributed by atoms with Crippen LogP contribution in [0.4, 0.5) is 0 Å². The quantitative estimate of drug-likeness (QED) is 0.540. The van der Waals surface area contributed by atoms with Crippen molar-refractivity contribution in [3.8, 4) is 0 Å². The highest BCUT2D eigenvalue weighted by Gasteiger charge is 2.61. The fourth-order valence-electron chi connectivity index (χ4n) is 3.42. The summed E-state index contributed by atoms with van der Waals surface area (Å²) >= 11 is 0. The molecule has 1 saturated carbocycles. The average molecular weight is 338 g/mol. The van der Waals surface area contributed by atoms with Crippen LogP contribution in [0.25, 0.3) is 0 Å². The second-order valence-corrected chi connectivity index (χ2v) is 7.71. The molecule has 2 atom stereocenters. The van der Waals surface area contributed by atoms with Crippen molar-refractivity contribution in [1.82, 2.24) is 0 Å². The van der Waals surface area contributed by atoms with Gasteiger partial charge in [0.1, 0.15) is 18.1 Å². The fraction of sp³-hybridized carbons (Fsp3) is 0.409. The third kappa shape index (κ3) is 4.04. The molecule has 0 saturated heterocycles. The summed E-state index contributed by atoms with van der Waals surface area (Å²) in [5.41, 5.74) is 2.42. The van der Waals surface area contributed by atoms with Crippen LogP contribution in [0.5, 0.6) is 0 Å². The summed E-state index contributed by atoms with van der Waals surface area (Å²) < 4.78 is 11.3. The Morgan fingerprint density at radius 2 is 1.80 bits per heavy atom. The molecule has 3 heteroatoms. The number of allylic oxidation sites excluding steroid dienone is 2. The summed E-state index contributed by atoms with van der Waals surface area (Å²) in [6, 6.07) is 14.0. The first-order valence-electron chi connectivity index (χ1n) is 8.81. The van der Waals surface area contributed by atoms with Crippen molar-refractivity contribution in [3.63, 3.8) is 0 Å². The van der Waals surface area contributed by atoms with E-state index in [0.717, 1.165) is 12.2 Å². The molecule has 1 heterocycles. The van der Waals surface area contributed by atoms with Gasteiger partial charge in [0.25, 0.3) is 0 Å². The van der Waals surface area contributed by atoms with Crippen molar-refractivity contribution in [2.45, 2.75) is 40.7 Å². The van der Waals surface area contributed by atoms with Crippen LogP contribution in [0, 0.1) is 17.3 Å². The Balaban J connectivity index is 1.54. The maximum absolute atomic E-state index is 12.4. The second kappa shape index (κ2) is 6.91. The Morgan fingerprint density at radius 1 is 1.12 bits per heavy atom. The summed E-state index contributed by atoms with van der Waals surface area (Å²) in [5.74, 6) is 1.66. The van der Waals surface area contributed by atoms with E-state index in [1.807, 2.05) is 30.3 Å². The highest BCUT2D eigenvalue weighted by atomic mass is 16.5. The van der Waals surface area contributed by atoms with Gasteiger partial charge < -0.3 is 9.15 Å². The van der Waals surface area contributed by atoms with E-state index in [2.05, 4.69) is 45.9 Å². The van der Waals surface area contributed by atoms with E-state index in [9.17, 15) is 4.79 Å². The molecule has 0 aliphatic heterocycles. The first-order valence-corrected chi connectivity index (χ1v) is 8.81. The maximum atomic E-state index is 12.4. The van der Waals surface area contributed by atoms with Gasteiger partial charge >= 0.3 is 5.97 Å². The fourth-order valence-corrected chi connectivity index (χ4v) is 3.42. The number of ether oxygens (including phenoxy) is 1. The van der Waals surface area contributed by atoms with Crippen LogP contribution in [-0.2, 0) is 22.6 Å². The van der Waals surface area contributed by atoms with Gasteiger partial charge in [0, 0.05) is 6.42 Å². The first kappa shape index (κ1) is 17.5. The smallest absolute Gasteiger partial charge is 0.310 e. The molecule has 1 fully saturated rings. The van der Waals surface area contributed by atoms with Crippen LogP contribution in [0.1, 0.15) is 44.8 Å². The number of furan rings is 1. The number of hydrogen-bond donors (Lipinski definition) is 0. The van der Waals surface area contributed by atoms with Gasteiger partial charge in [0.2, 0.25) is 0 Å². The van der Waals surface area contributed by atoms with Gasteiger partial charge in [-0.2, -0.15) is 0 Å². The average Bonchev–Trinajstić information content (AvgIpc) is 2.90. The molecular formula is C22H26O3. The van der Waals surface area contributed by atoms with E-state index in [-0.39, 0.29) is 29.8 Å². The first-order chi connectivity index (χ1) is 11.9. The Hall–Kier alpha value is -2.29. The molecule has 0 radical (unpaired) electrons. The van der Waals surface area contributed by atoms with Crippen LogP contribution in [-0.4, -0.2) is 5.97 Å². The van der Waals surface area contributed by atoms with Crippen LogP contribution < -0.4 is 0 Å². The normalized spacial score (nSPS) is 20.8. The molecule has 132 valence electrons. The predicted octanol–water partition coefficient (Wildman–Crippen LogP) is 5.15. The SMILES string of the molecule is CC(C)=C[C@H]1[C@@H](C(=O)OCc2ccc(Cc3ccccc3)o2)C1(C)C. The molecule has 0 unspecified atom stereocenters. The Labute approximate surface area is 149 Å². The van der Waals surface area contributed by atoms with E-state index in [4.69, 9.17) is 9.15 Å². The summed E-state index contributed by atoms with van der Waals surface area (Å²) in [6.07, 6.45) is 2.92. The molecule has 3 nitrogen and oxygen atoms in total. The van der Waals surface area contributed by atoms with Crippen molar-refractivity contribution >= 4 is 5.97 Å². The minimum Gasteiger partial charge on any atom is -0.462 e. The minimum absolute atomic E-state index is 0.0179. The molecule has 0 N–H and O–H groups in total. The van der Waals surface area contributed by atoms with Crippen LogP contribution in [0.15, 0.2) is 58.5 Å². The van der Waals surface area contributed by atoms with Gasteiger partial charge in [0.05, 0.1) is 5.92 Å². The molecule has 0 spiro atoms. The molecule has 1 aliphatic carbocycles. The summed E-state index contributed by atoms with van der Waals surface area (Å²) in [5, 5.41) is 0. The molecule has 1 aromatic carbocycles. The number of carbonyl (C=O) groups excluding carboxylic acids is 1. The molecule has 3 rings (SSSR count). The van der Waals surface area contributed by atoms with Gasteiger partial charge in [-0.15, -0.1) is 0 Å². The lowest BCUT2D eigenvalue weighted by atomic mass is 10.1. The highest BCUT2D eigenvalue weighted by molar-refractivity contribution is 5.78. The van der Waals surface area contributed by atoms with E-state index in [0.29, 0.717) is 5.76 Å². The Kier molecular flexibility index (Phi) is 4.85. The van der Waals surface area contributed by atoms with Crippen LogP contribution in [0.2, 0.25) is 0 Å². The van der Waals surface area contributed by atoms with E-state index >= 15 is 0 Å². The topological polar surface area (TPSA) is 39.4 Å². The van der Waals surface area contributed by atoms with Gasteiger partial charge in [-0.1, -0.05) is 55.8 Å². The highest BCUT2D eigenvalue weighted by Crippen LogP contribution is 2.59. The molecule has 2 aromatic rings. The van der Waals surface area contributed by atoms with E-state index < -0.39 is 0 Å². The largest absolute Gasteiger partial charge is 0.462 e. The molecule has 1 aliphatic rings. The van der Waals surface area contributed by atoms with Gasteiger partial charge in [-0.25, -0.2) is 0 Å². The van der Waals surface area contributed by atoms with Crippen molar-refractivity contribution < 1.29 is 13.9 Å². The number of hydrogen-bond acceptors (Lipinski definition) is 3. The van der Waals surface area contributed by atoms with Crippen molar-refractivity contribution in [1.29, 1.82) is 0 Å². The molecular weight excluding hydrogens is 312 g/mol. The zero-order valence-corrected chi connectivity index (χ0v) is 15.4. The Bertz CT molecular complexity index is 764. The standard InChI is InChI=1S/C22H26O3/c1-15(2)12-19-20(22(19,3)4)21(23)24-14-18-11-10-17(25-18)13-16-8-6-5-7-9-16/h5-12,19-20H,13-14H2,1-4H3/t19-,20-/m0/s1. The predicted molar refractivity (Wildman–Crippen MR) is 97.9 cm³/mol. The summed E-state index contributed by atoms with van der Waals surface area (Å²) in [6.45, 7) is 8.56. The maximum Gasteiger partial charge on any atom is 0.310 e. The minimum atomic E-state index is -0.131. The van der Waals surface area contributed by atoms with E-state index in [1.165, 1.54) is 11.1 Å². The second-order valence-electron chi connectivity index (χ2n) is 7.71. The van der Waals surface area contributed by atoms with Crippen LogP contribution in [0.3, 0.4) is 0 Å². The number of benzene rings is 1. The lowest BCUT2D eigenvalue weighted by Gasteiger charge is -2.04. The van der Waals surface area contributed by atoms with Crippen molar-refractivity contribution in [3.05, 3.63) is 71.2 Å². The summed E-state index contributed by atoms with van der Waals surface area (Å²) in [4.78, 5) is 12.4.